The second kappa shape index (κ2) is 9.29. The third-order valence-electron chi connectivity index (χ3n) is 4.00. The Kier molecular flexibility index (Phi) is 7.31. The van der Waals surface area contributed by atoms with Gasteiger partial charge in [0.25, 0.3) is 0 Å². The zero-order valence-corrected chi connectivity index (χ0v) is 16.4. The number of fused-ring (bicyclic) bond motifs is 1. The standard InChI is InChI=1S/C19H21F3N2O3S/c1-3-5-12-10-14(18(28)24(2)11-16(26)27-9-8-25)13-6-4-7-15(17(13)23-12)19(20,21)22/h4,6-7,10,25H,3,5,8-9,11H2,1-2H3. The van der Waals surface area contributed by atoms with Crippen LogP contribution in [0, 0.1) is 0 Å². The number of halogens is 3. The Hall–Kier alpha value is -2.26. The van der Waals surface area contributed by atoms with E-state index in [2.05, 4.69) is 4.98 Å². The SMILES string of the molecule is CCCc1cc(C(=S)N(C)CC(=O)OCCO)c2cccc(C(F)(F)F)c2n1. The quantitative estimate of drug-likeness (QED) is 0.554. The molecule has 0 atom stereocenters. The molecule has 2 rings (SSSR count). The minimum absolute atomic E-state index is 0.132. The maximum Gasteiger partial charge on any atom is 0.418 e. The maximum atomic E-state index is 13.5. The Morgan fingerprint density at radius 1 is 1.36 bits per heavy atom. The number of esters is 1. The van der Waals surface area contributed by atoms with Gasteiger partial charge in [0.2, 0.25) is 0 Å². The number of likely N-dealkylation sites (N-methyl/N-ethyl adjacent to an activating group) is 1. The molecule has 0 amide bonds. The van der Waals surface area contributed by atoms with Crippen molar-refractivity contribution in [1.29, 1.82) is 0 Å². The van der Waals surface area contributed by atoms with Gasteiger partial charge in [0.15, 0.2) is 0 Å². The molecule has 1 N–H and O–H groups in total. The van der Waals surface area contributed by atoms with Crippen molar-refractivity contribution in [2.75, 3.05) is 26.8 Å². The van der Waals surface area contributed by atoms with Crippen LogP contribution in [0.25, 0.3) is 10.9 Å². The van der Waals surface area contributed by atoms with E-state index < -0.39 is 17.7 Å². The van der Waals surface area contributed by atoms with E-state index in [9.17, 15) is 18.0 Å². The summed E-state index contributed by atoms with van der Waals surface area (Å²) in [5.41, 5.74) is -0.0705. The molecule has 0 saturated carbocycles. The highest BCUT2D eigenvalue weighted by atomic mass is 32.1. The zero-order chi connectivity index (χ0) is 20.9. The van der Waals surface area contributed by atoms with E-state index in [0.29, 0.717) is 24.1 Å². The molecule has 0 bridgehead atoms. The number of benzene rings is 1. The molecule has 1 aromatic carbocycles. The first-order valence-electron chi connectivity index (χ1n) is 8.70. The molecule has 0 unspecified atom stereocenters. The van der Waals surface area contributed by atoms with Gasteiger partial charge in [-0.1, -0.05) is 37.7 Å². The number of rotatable bonds is 7. The molecule has 9 heteroatoms. The van der Waals surface area contributed by atoms with Gasteiger partial charge in [-0.2, -0.15) is 13.2 Å². The highest BCUT2D eigenvalue weighted by Gasteiger charge is 2.34. The number of aliphatic hydroxyl groups is 1. The van der Waals surface area contributed by atoms with Crippen molar-refractivity contribution >= 4 is 34.1 Å². The van der Waals surface area contributed by atoms with Crippen molar-refractivity contribution in [2.45, 2.75) is 25.9 Å². The van der Waals surface area contributed by atoms with Gasteiger partial charge in [0.1, 0.15) is 18.1 Å². The van der Waals surface area contributed by atoms with Crippen molar-refractivity contribution in [3.05, 3.63) is 41.1 Å². The molecular weight excluding hydrogens is 393 g/mol. The normalized spacial score (nSPS) is 11.5. The average Bonchev–Trinajstić information content (AvgIpc) is 2.64. The van der Waals surface area contributed by atoms with Gasteiger partial charge < -0.3 is 14.7 Å². The molecule has 152 valence electrons. The van der Waals surface area contributed by atoms with E-state index in [1.807, 2.05) is 6.92 Å². The summed E-state index contributed by atoms with van der Waals surface area (Å²) >= 11 is 5.44. The molecule has 1 heterocycles. The van der Waals surface area contributed by atoms with Crippen LogP contribution in [0.3, 0.4) is 0 Å². The number of aliphatic hydroxyl groups excluding tert-OH is 1. The minimum Gasteiger partial charge on any atom is -0.462 e. The molecular formula is C19H21F3N2O3S. The van der Waals surface area contributed by atoms with E-state index in [4.69, 9.17) is 22.1 Å². The number of carbonyl (C=O) groups is 1. The second-order valence-corrected chi connectivity index (χ2v) is 6.60. The van der Waals surface area contributed by atoms with Crippen LogP contribution in [0.15, 0.2) is 24.3 Å². The van der Waals surface area contributed by atoms with E-state index in [0.717, 1.165) is 6.07 Å². The molecule has 5 nitrogen and oxygen atoms in total. The lowest BCUT2D eigenvalue weighted by Gasteiger charge is -2.21. The molecule has 0 spiro atoms. The number of aromatic nitrogens is 1. The molecule has 0 radical (unpaired) electrons. The van der Waals surface area contributed by atoms with Crippen LogP contribution in [-0.2, 0) is 22.1 Å². The lowest BCUT2D eigenvalue weighted by Crippen LogP contribution is -2.33. The van der Waals surface area contributed by atoms with Gasteiger partial charge in [-0.15, -0.1) is 0 Å². The second-order valence-electron chi connectivity index (χ2n) is 6.22. The number of pyridine rings is 1. The number of alkyl halides is 3. The van der Waals surface area contributed by atoms with Crippen molar-refractivity contribution in [3.63, 3.8) is 0 Å². The predicted molar refractivity (Wildman–Crippen MR) is 103 cm³/mol. The number of para-hydroxylation sites is 1. The Bertz CT molecular complexity index is 871. The molecule has 2 aromatic rings. The summed E-state index contributed by atoms with van der Waals surface area (Å²) in [6.45, 7) is 1.29. The van der Waals surface area contributed by atoms with Crippen LogP contribution in [0.2, 0.25) is 0 Å². The number of ether oxygens (including phenoxy) is 1. The van der Waals surface area contributed by atoms with Gasteiger partial charge in [-0.3, -0.25) is 9.78 Å². The highest BCUT2D eigenvalue weighted by Crippen LogP contribution is 2.35. The van der Waals surface area contributed by atoms with Gasteiger partial charge in [0, 0.05) is 23.7 Å². The summed E-state index contributed by atoms with van der Waals surface area (Å²) in [6, 6.07) is 5.51. The predicted octanol–water partition coefficient (Wildman–Crippen LogP) is 3.35. The highest BCUT2D eigenvalue weighted by molar-refractivity contribution is 7.80. The number of aryl methyl sites for hydroxylation is 1. The number of thiocarbonyl (C=S) groups is 1. The van der Waals surface area contributed by atoms with E-state index in [-0.39, 0.29) is 35.6 Å². The van der Waals surface area contributed by atoms with Crippen molar-refractivity contribution in [3.8, 4) is 0 Å². The summed E-state index contributed by atoms with van der Waals surface area (Å²) in [5, 5.41) is 8.99. The van der Waals surface area contributed by atoms with Crippen molar-refractivity contribution in [2.24, 2.45) is 0 Å². The summed E-state index contributed by atoms with van der Waals surface area (Å²) in [7, 11) is 1.56. The molecule has 0 aliphatic carbocycles. The summed E-state index contributed by atoms with van der Waals surface area (Å²) in [4.78, 5) is 17.6. The van der Waals surface area contributed by atoms with Crippen LogP contribution in [-0.4, -0.2) is 52.8 Å². The Labute approximate surface area is 166 Å². The Morgan fingerprint density at radius 2 is 2.07 bits per heavy atom. The minimum atomic E-state index is -4.55. The number of hydrogen-bond donors (Lipinski definition) is 1. The fourth-order valence-corrected chi connectivity index (χ4v) is 3.00. The number of nitrogens with zero attached hydrogens (tertiary/aromatic N) is 2. The zero-order valence-electron chi connectivity index (χ0n) is 15.5. The third-order valence-corrected chi connectivity index (χ3v) is 4.53. The summed E-state index contributed by atoms with van der Waals surface area (Å²) in [5.74, 6) is -0.595. The van der Waals surface area contributed by atoms with Crippen LogP contribution in [0.4, 0.5) is 13.2 Å². The summed E-state index contributed by atoms with van der Waals surface area (Å²) < 4.78 is 45.2. The van der Waals surface area contributed by atoms with Crippen molar-refractivity contribution in [1.82, 2.24) is 9.88 Å². The number of carbonyl (C=O) groups excluding carboxylic acids is 1. The molecule has 1 aromatic heterocycles. The lowest BCUT2D eigenvalue weighted by atomic mass is 10.0. The van der Waals surface area contributed by atoms with Gasteiger partial charge >= 0.3 is 12.1 Å². The maximum absolute atomic E-state index is 13.5. The smallest absolute Gasteiger partial charge is 0.418 e. The van der Waals surface area contributed by atoms with Gasteiger partial charge in [-0.25, -0.2) is 0 Å². The third kappa shape index (κ3) is 5.17. The first-order valence-corrected chi connectivity index (χ1v) is 9.11. The molecule has 0 aliphatic heterocycles. The van der Waals surface area contributed by atoms with Crippen LogP contribution >= 0.6 is 12.2 Å². The molecule has 0 saturated heterocycles. The first-order chi connectivity index (χ1) is 13.2. The fraction of sp³-hybridized carbons (Fsp3) is 0.421. The largest absolute Gasteiger partial charge is 0.462 e. The van der Waals surface area contributed by atoms with Gasteiger partial charge in [-0.05, 0) is 18.6 Å². The van der Waals surface area contributed by atoms with Crippen molar-refractivity contribution < 1.29 is 27.8 Å². The number of hydrogen-bond acceptors (Lipinski definition) is 5. The topological polar surface area (TPSA) is 62.7 Å². The fourth-order valence-electron chi connectivity index (χ4n) is 2.77. The molecule has 28 heavy (non-hydrogen) atoms. The lowest BCUT2D eigenvalue weighted by molar-refractivity contribution is -0.144. The monoisotopic (exact) mass is 414 g/mol. The van der Waals surface area contributed by atoms with Gasteiger partial charge in [0.05, 0.1) is 17.7 Å². The molecule has 0 aliphatic rings. The molecule has 0 fully saturated rings. The van der Waals surface area contributed by atoms with Crippen LogP contribution < -0.4 is 0 Å². The average molecular weight is 414 g/mol. The first kappa shape index (κ1) is 22.0. The summed E-state index contributed by atoms with van der Waals surface area (Å²) in [6.07, 6.45) is -3.33. The van der Waals surface area contributed by atoms with E-state index in [1.54, 1.807) is 13.1 Å². The van der Waals surface area contributed by atoms with Crippen LogP contribution in [0.5, 0.6) is 0 Å². The van der Waals surface area contributed by atoms with E-state index in [1.165, 1.54) is 17.0 Å². The Morgan fingerprint density at radius 3 is 2.68 bits per heavy atom. The van der Waals surface area contributed by atoms with Crippen LogP contribution in [0.1, 0.15) is 30.2 Å². The Balaban J connectivity index is 2.50. The van der Waals surface area contributed by atoms with E-state index >= 15 is 0 Å².